The lowest BCUT2D eigenvalue weighted by atomic mass is 9.81. The summed E-state index contributed by atoms with van der Waals surface area (Å²) < 4.78 is 14.2. The molecule has 0 bridgehead atoms. The van der Waals surface area contributed by atoms with Crippen LogP contribution in [0.25, 0.3) is 11.1 Å². The van der Waals surface area contributed by atoms with E-state index in [1.54, 1.807) is 37.3 Å². The van der Waals surface area contributed by atoms with Crippen LogP contribution < -0.4 is 0 Å². The number of aromatic carboxylic acids is 1. The van der Waals surface area contributed by atoms with Crippen LogP contribution in [0, 0.1) is 12.7 Å². The van der Waals surface area contributed by atoms with Gasteiger partial charge in [-0.2, -0.15) is 0 Å². The summed E-state index contributed by atoms with van der Waals surface area (Å²) in [4.78, 5) is 11.7. The summed E-state index contributed by atoms with van der Waals surface area (Å²) >= 11 is 0. The van der Waals surface area contributed by atoms with Crippen LogP contribution >= 0.6 is 0 Å². The second-order valence-electron chi connectivity index (χ2n) is 6.27. The van der Waals surface area contributed by atoms with Crippen LogP contribution in [0.5, 0.6) is 0 Å². The Balaban J connectivity index is 2.78. The number of hydrogen-bond donors (Lipinski definition) is 1. The van der Waals surface area contributed by atoms with Crippen LogP contribution in [0.15, 0.2) is 36.4 Å². The molecule has 2 rings (SSSR count). The van der Waals surface area contributed by atoms with Gasteiger partial charge >= 0.3 is 5.97 Å². The number of aryl methyl sites for hydroxylation is 1. The predicted molar refractivity (Wildman–Crippen MR) is 82.2 cm³/mol. The van der Waals surface area contributed by atoms with Crippen LogP contribution in [0.2, 0.25) is 0 Å². The summed E-state index contributed by atoms with van der Waals surface area (Å²) in [5.74, 6) is -1.43. The molecule has 0 saturated carbocycles. The SMILES string of the molecule is Cc1ccc(-c2cccc(C(C)(C)C)c2C(=O)O)c(F)c1. The highest BCUT2D eigenvalue weighted by Gasteiger charge is 2.25. The topological polar surface area (TPSA) is 37.3 Å². The lowest BCUT2D eigenvalue weighted by Crippen LogP contribution is -2.18. The van der Waals surface area contributed by atoms with Gasteiger partial charge in [-0.15, -0.1) is 0 Å². The third-order valence-electron chi connectivity index (χ3n) is 3.50. The van der Waals surface area contributed by atoms with Crippen molar-refractivity contribution in [1.82, 2.24) is 0 Å². The Morgan fingerprint density at radius 1 is 1.10 bits per heavy atom. The van der Waals surface area contributed by atoms with Crippen LogP contribution in [0.1, 0.15) is 42.3 Å². The molecule has 2 aromatic carbocycles. The first-order valence-electron chi connectivity index (χ1n) is 6.85. The molecule has 0 radical (unpaired) electrons. The van der Waals surface area contributed by atoms with E-state index in [9.17, 15) is 14.3 Å². The first-order chi connectivity index (χ1) is 9.71. The summed E-state index contributed by atoms with van der Waals surface area (Å²) in [6.07, 6.45) is 0. The van der Waals surface area contributed by atoms with E-state index in [1.807, 2.05) is 20.8 Å². The second kappa shape index (κ2) is 5.32. The molecule has 110 valence electrons. The van der Waals surface area contributed by atoms with Crippen molar-refractivity contribution in [1.29, 1.82) is 0 Å². The molecule has 21 heavy (non-hydrogen) atoms. The minimum Gasteiger partial charge on any atom is -0.478 e. The van der Waals surface area contributed by atoms with Crippen LogP contribution in [0.4, 0.5) is 4.39 Å². The van der Waals surface area contributed by atoms with Crippen LogP contribution in [0.3, 0.4) is 0 Å². The minimum atomic E-state index is -1.03. The first-order valence-corrected chi connectivity index (χ1v) is 6.85. The van der Waals surface area contributed by atoms with Gasteiger partial charge in [-0.05, 0) is 35.1 Å². The van der Waals surface area contributed by atoms with Gasteiger partial charge in [-0.1, -0.05) is 51.1 Å². The zero-order valence-corrected chi connectivity index (χ0v) is 12.7. The van der Waals surface area contributed by atoms with Gasteiger partial charge in [0.25, 0.3) is 0 Å². The Morgan fingerprint density at radius 3 is 2.29 bits per heavy atom. The van der Waals surface area contributed by atoms with Gasteiger partial charge in [-0.25, -0.2) is 9.18 Å². The van der Waals surface area contributed by atoms with E-state index >= 15 is 0 Å². The monoisotopic (exact) mass is 286 g/mol. The van der Waals surface area contributed by atoms with E-state index in [1.165, 1.54) is 6.07 Å². The summed E-state index contributed by atoms with van der Waals surface area (Å²) in [7, 11) is 0. The Labute approximate surface area is 124 Å². The molecule has 0 aliphatic rings. The Morgan fingerprint density at radius 2 is 1.76 bits per heavy atom. The summed E-state index contributed by atoms with van der Waals surface area (Å²) in [5.41, 5.74) is 2.10. The summed E-state index contributed by atoms with van der Waals surface area (Å²) in [5, 5.41) is 9.59. The number of rotatable bonds is 2. The van der Waals surface area contributed by atoms with Crippen molar-refractivity contribution in [2.45, 2.75) is 33.1 Å². The zero-order chi connectivity index (χ0) is 15.8. The van der Waals surface area contributed by atoms with Crippen molar-refractivity contribution in [3.63, 3.8) is 0 Å². The number of halogens is 1. The van der Waals surface area contributed by atoms with Gasteiger partial charge in [0, 0.05) is 5.56 Å². The quantitative estimate of drug-likeness (QED) is 0.861. The fraction of sp³-hybridized carbons (Fsp3) is 0.278. The van der Waals surface area contributed by atoms with Gasteiger partial charge in [0.05, 0.1) is 5.56 Å². The van der Waals surface area contributed by atoms with Crippen molar-refractivity contribution < 1.29 is 14.3 Å². The van der Waals surface area contributed by atoms with E-state index in [0.717, 1.165) is 5.56 Å². The van der Waals surface area contributed by atoms with Gasteiger partial charge in [0.15, 0.2) is 0 Å². The van der Waals surface area contributed by atoms with Crippen molar-refractivity contribution >= 4 is 5.97 Å². The van der Waals surface area contributed by atoms with Crippen molar-refractivity contribution in [3.8, 4) is 11.1 Å². The summed E-state index contributed by atoms with van der Waals surface area (Å²) in [6, 6.07) is 10.1. The molecule has 0 unspecified atom stereocenters. The standard InChI is InChI=1S/C18H19FO2/c1-11-8-9-12(15(19)10-11)13-6-5-7-14(18(2,3)4)16(13)17(20)21/h5-10H,1-4H3,(H,20,21). The average molecular weight is 286 g/mol. The molecule has 0 atom stereocenters. The van der Waals surface area contributed by atoms with Crippen molar-refractivity contribution in [3.05, 3.63) is 58.9 Å². The number of benzene rings is 2. The highest BCUT2D eigenvalue weighted by atomic mass is 19.1. The number of carboxylic acids is 1. The Hall–Kier alpha value is -2.16. The molecular formula is C18H19FO2. The van der Waals surface area contributed by atoms with E-state index in [-0.39, 0.29) is 11.0 Å². The maximum Gasteiger partial charge on any atom is 0.336 e. The van der Waals surface area contributed by atoms with Gasteiger partial charge in [0.2, 0.25) is 0 Å². The van der Waals surface area contributed by atoms with Crippen LogP contribution in [-0.4, -0.2) is 11.1 Å². The van der Waals surface area contributed by atoms with E-state index in [2.05, 4.69) is 0 Å². The van der Waals surface area contributed by atoms with E-state index < -0.39 is 11.8 Å². The van der Waals surface area contributed by atoms with Gasteiger partial charge in [-0.3, -0.25) is 0 Å². The molecule has 2 nitrogen and oxygen atoms in total. The maximum absolute atomic E-state index is 14.2. The number of hydrogen-bond acceptors (Lipinski definition) is 1. The average Bonchev–Trinajstić information content (AvgIpc) is 2.36. The highest BCUT2D eigenvalue weighted by molar-refractivity contribution is 5.98. The normalized spacial score (nSPS) is 11.5. The molecule has 0 amide bonds. The molecule has 3 heteroatoms. The fourth-order valence-electron chi connectivity index (χ4n) is 2.47. The van der Waals surface area contributed by atoms with Gasteiger partial charge < -0.3 is 5.11 Å². The molecule has 0 aliphatic carbocycles. The first kappa shape index (κ1) is 15.2. The molecule has 1 N–H and O–H groups in total. The molecule has 0 heterocycles. The Bertz CT molecular complexity index is 697. The summed E-state index contributed by atoms with van der Waals surface area (Å²) in [6.45, 7) is 7.65. The lowest BCUT2D eigenvalue weighted by Gasteiger charge is -2.23. The minimum absolute atomic E-state index is 0.174. The third kappa shape index (κ3) is 2.97. The predicted octanol–water partition coefficient (Wildman–Crippen LogP) is 4.80. The van der Waals surface area contributed by atoms with Gasteiger partial charge in [0.1, 0.15) is 5.82 Å². The van der Waals surface area contributed by atoms with E-state index in [4.69, 9.17) is 0 Å². The largest absolute Gasteiger partial charge is 0.478 e. The van der Waals surface area contributed by atoms with Crippen LogP contribution in [-0.2, 0) is 5.41 Å². The van der Waals surface area contributed by atoms with E-state index in [0.29, 0.717) is 16.7 Å². The molecular weight excluding hydrogens is 267 g/mol. The smallest absolute Gasteiger partial charge is 0.336 e. The number of carbonyl (C=O) groups is 1. The molecule has 0 fully saturated rings. The third-order valence-corrected chi connectivity index (χ3v) is 3.50. The molecule has 0 saturated heterocycles. The highest BCUT2D eigenvalue weighted by Crippen LogP contribution is 2.34. The molecule has 0 spiro atoms. The number of carboxylic acid groups (broad SMARTS) is 1. The second-order valence-corrected chi connectivity index (χ2v) is 6.27. The molecule has 2 aromatic rings. The maximum atomic E-state index is 14.2. The van der Waals surface area contributed by atoms with Crippen molar-refractivity contribution in [2.75, 3.05) is 0 Å². The Kier molecular flexibility index (Phi) is 3.86. The fourth-order valence-corrected chi connectivity index (χ4v) is 2.47. The zero-order valence-electron chi connectivity index (χ0n) is 12.7. The van der Waals surface area contributed by atoms with Crippen molar-refractivity contribution in [2.24, 2.45) is 0 Å². The molecule has 0 aliphatic heterocycles. The lowest BCUT2D eigenvalue weighted by molar-refractivity contribution is 0.0695. The molecule has 0 aromatic heterocycles.